The number of hydrogen-bond donors (Lipinski definition) is 0. The van der Waals surface area contributed by atoms with Crippen LogP contribution in [0.1, 0.15) is 50.8 Å². The summed E-state index contributed by atoms with van der Waals surface area (Å²) in [6.07, 6.45) is 0.361. The van der Waals surface area contributed by atoms with Gasteiger partial charge in [-0.3, -0.25) is 0 Å². The Balaban J connectivity index is 1.73. The second-order valence-electron chi connectivity index (χ2n) is 10.7. The second-order valence-corrected chi connectivity index (χ2v) is 16.2. The summed E-state index contributed by atoms with van der Waals surface area (Å²) in [6, 6.07) is 27.9. The van der Waals surface area contributed by atoms with E-state index in [1.807, 2.05) is 69.7 Å². The minimum absolute atomic E-state index is 0.287. The van der Waals surface area contributed by atoms with Gasteiger partial charge in [-0.1, -0.05) is 58.0 Å². The fourth-order valence-electron chi connectivity index (χ4n) is 5.04. The second kappa shape index (κ2) is 20.3. The van der Waals surface area contributed by atoms with Crippen molar-refractivity contribution in [3.8, 4) is 23.3 Å². The molecule has 0 spiro atoms. The van der Waals surface area contributed by atoms with Crippen LogP contribution in [0.3, 0.4) is 0 Å². The highest BCUT2D eigenvalue weighted by atomic mass is 33.1. The molecule has 0 aromatic heterocycles. The van der Waals surface area contributed by atoms with Crippen molar-refractivity contribution in [2.45, 2.75) is 50.9 Å². The molecular formula is C35H47N2O5PS3. The third-order valence-electron chi connectivity index (χ3n) is 7.09. The van der Waals surface area contributed by atoms with Gasteiger partial charge in [-0.05, 0) is 80.8 Å². The maximum Gasteiger partial charge on any atom is 0.259 e. The lowest BCUT2D eigenvalue weighted by molar-refractivity contribution is 0.182. The van der Waals surface area contributed by atoms with Gasteiger partial charge in [-0.2, -0.15) is 5.26 Å². The van der Waals surface area contributed by atoms with E-state index >= 15 is 0 Å². The van der Waals surface area contributed by atoms with Crippen molar-refractivity contribution < 1.29 is 23.3 Å². The van der Waals surface area contributed by atoms with Crippen molar-refractivity contribution in [1.82, 2.24) is 4.67 Å². The summed E-state index contributed by atoms with van der Waals surface area (Å²) in [5.74, 6) is 5.19. The Morgan fingerprint density at radius 2 is 1.07 bits per heavy atom. The first kappa shape index (κ1) is 38.4. The predicted octanol–water partition coefficient (Wildman–Crippen LogP) is 9.41. The lowest BCUT2D eigenvalue weighted by Gasteiger charge is -2.36. The Hall–Kier alpha value is -2.09. The van der Waals surface area contributed by atoms with E-state index < -0.39 is 13.3 Å². The van der Waals surface area contributed by atoms with Gasteiger partial charge >= 0.3 is 0 Å². The van der Waals surface area contributed by atoms with Crippen LogP contribution in [-0.2, 0) is 13.8 Å². The quantitative estimate of drug-likeness (QED) is 0.0464. The minimum atomic E-state index is -1.22. The molecule has 46 heavy (non-hydrogen) atoms. The molecule has 0 aliphatic heterocycles. The number of thioether (sulfide) groups is 1. The maximum atomic E-state index is 8.96. The first-order valence-electron chi connectivity index (χ1n) is 15.3. The van der Waals surface area contributed by atoms with E-state index in [4.69, 9.17) is 28.5 Å². The Morgan fingerprint density at radius 3 is 1.46 bits per heavy atom. The van der Waals surface area contributed by atoms with E-state index in [1.54, 1.807) is 21.3 Å². The van der Waals surface area contributed by atoms with E-state index in [0.717, 1.165) is 34.5 Å². The number of ether oxygens (including phenoxy) is 3. The van der Waals surface area contributed by atoms with Crippen LogP contribution in [0.25, 0.3) is 0 Å². The van der Waals surface area contributed by atoms with E-state index in [9.17, 15) is 0 Å². The van der Waals surface area contributed by atoms with Crippen LogP contribution < -0.4 is 14.2 Å². The molecule has 0 amide bonds. The third-order valence-corrected chi connectivity index (χ3v) is 13.4. The molecule has 3 aromatic carbocycles. The molecule has 0 radical (unpaired) electrons. The van der Waals surface area contributed by atoms with Gasteiger partial charge in [-0.15, -0.1) is 11.8 Å². The fourth-order valence-corrected chi connectivity index (χ4v) is 10.5. The van der Waals surface area contributed by atoms with E-state index in [0.29, 0.717) is 19.6 Å². The predicted molar refractivity (Wildman–Crippen MR) is 197 cm³/mol. The molecule has 0 aliphatic rings. The average molecular weight is 703 g/mol. The first-order valence-corrected chi connectivity index (χ1v) is 19.9. The van der Waals surface area contributed by atoms with E-state index in [1.165, 1.54) is 16.7 Å². The van der Waals surface area contributed by atoms with E-state index in [2.05, 4.69) is 74.8 Å². The molecule has 0 bridgehead atoms. The summed E-state index contributed by atoms with van der Waals surface area (Å²) >= 11 is 1.92. The van der Waals surface area contributed by atoms with E-state index in [-0.39, 0.29) is 12.1 Å². The van der Waals surface area contributed by atoms with Gasteiger partial charge < -0.3 is 23.3 Å². The third kappa shape index (κ3) is 10.7. The number of hydrogen-bond acceptors (Lipinski definition) is 10. The van der Waals surface area contributed by atoms with Crippen molar-refractivity contribution in [3.05, 3.63) is 89.5 Å². The Labute approximate surface area is 289 Å². The van der Waals surface area contributed by atoms with Crippen LogP contribution in [0, 0.1) is 11.3 Å². The zero-order valence-electron chi connectivity index (χ0n) is 27.9. The highest BCUT2D eigenvalue weighted by Gasteiger charge is 2.37. The molecule has 0 heterocycles. The van der Waals surface area contributed by atoms with Gasteiger partial charge in [0.05, 0.1) is 51.8 Å². The van der Waals surface area contributed by atoms with Crippen LogP contribution in [0.5, 0.6) is 17.2 Å². The van der Waals surface area contributed by atoms with Crippen LogP contribution in [0.2, 0.25) is 0 Å². The van der Waals surface area contributed by atoms with Crippen LogP contribution in [-0.4, -0.2) is 68.6 Å². The van der Waals surface area contributed by atoms with Crippen molar-refractivity contribution in [2.75, 3.05) is 51.8 Å². The van der Waals surface area contributed by atoms with Gasteiger partial charge in [-0.25, -0.2) is 4.67 Å². The molecule has 0 N–H and O–H groups in total. The van der Waals surface area contributed by atoms with Crippen LogP contribution >= 0.6 is 41.9 Å². The van der Waals surface area contributed by atoms with Gasteiger partial charge in [0.2, 0.25) is 0 Å². The monoisotopic (exact) mass is 702 g/mol. The molecule has 1 atom stereocenters. The first-order chi connectivity index (χ1) is 22.3. The number of rotatable bonds is 21. The van der Waals surface area contributed by atoms with Gasteiger partial charge in [0.15, 0.2) is 0 Å². The van der Waals surface area contributed by atoms with Crippen molar-refractivity contribution in [2.24, 2.45) is 0 Å². The molecule has 3 rings (SSSR count). The van der Waals surface area contributed by atoms with Gasteiger partial charge in [0.25, 0.3) is 8.53 Å². The van der Waals surface area contributed by atoms with Gasteiger partial charge in [0, 0.05) is 29.3 Å². The SMILES string of the molecule is COc1ccc(C(SCCSSCCOP(OCCC#N)N(C(C)C)C(C)C)(c2ccc(OC)cc2)c2ccc(OC)cc2)cc1. The molecule has 7 nitrogen and oxygen atoms in total. The highest BCUT2D eigenvalue weighted by Crippen LogP contribution is 2.50. The molecule has 11 heteroatoms. The maximum absolute atomic E-state index is 8.96. The number of methoxy groups -OCH3 is 3. The van der Waals surface area contributed by atoms with Crippen LogP contribution in [0.4, 0.5) is 0 Å². The molecule has 0 saturated carbocycles. The molecule has 3 aromatic rings. The van der Waals surface area contributed by atoms with Gasteiger partial charge in [0.1, 0.15) is 17.2 Å². The summed E-state index contributed by atoms with van der Waals surface area (Å²) in [4.78, 5) is 0. The minimum Gasteiger partial charge on any atom is -0.497 e. The summed E-state index contributed by atoms with van der Waals surface area (Å²) < 4.78 is 30.6. The topological polar surface area (TPSA) is 73.2 Å². The Morgan fingerprint density at radius 1 is 0.652 bits per heavy atom. The van der Waals surface area contributed by atoms with Crippen LogP contribution in [0.15, 0.2) is 72.8 Å². The molecule has 0 aliphatic carbocycles. The molecule has 0 saturated heterocycles. The number of benzene rings is 3. The average Bonchev–Trinajstić information content (AvgIpc) is 3.07. The summed E-state index contributed by atoms with van der Waals surface area (Å²) in [5.41, 5.74) is 3.51. The zero-order chi connectivity index (χ0) is 33.4. The fraction of sp³-hybridized carbons (Fsp3) is 0.457. The molecule has 250 valence electrons. The Kier molecular flexibility index (Phi) is 16.9. The van der Waals surface area contributed by atoms with Crippen molar-refractivity contribution >= 4 is 41.9 Å². The molecule has 0 fully saturated rings. The van der Waals surface area contributed by atoms with Crippen molar-refractivity contribution in [1.29, 1.82) is 5.26 Å². The summed E-state index contributed by atoms with van der Waals surface area (Å²) in [5, 5.41) is 8.96. The summed E-state index contributed by atoms with van der Waals surface area (Å²) in [6.45, 7) is 9.58. The number of nitriles is 1. The lowest BCUT2D eigenvalue weighted by Crippen LogP contribution is -2.33. The Bertz CT molecular complexity index is 1200. The lowest BCUT2D eigenvalue weighted by atomic mass is 9.84. The zero-order valence-corrected chi connectivity index (χ0v) is 31.3. The standard InChI is InChI=1S/C35H47N2O5PS3/c1-27(2)37(28(3)4)43(41-22-8-21-36)42-23-24-45-46-26-25-44-35(29-9-15-32(38-5)16-10-29,30-11-17-33(39-6)18-12-30)31-13-19-34(40-7)20-14-31/h9-20,27-28H,8,22-26H2,1-7H3. The van der Waals surface area contributed by atoms with Crippen molar-refractivity contribution in [3.63, 3.8) is 0 Å². The largest absolute Gasteiger partial charge is 0.497 e. The smallest absolute Gasteiger partial charge is 0.259 e. The highest BCUT2D eigenvalue weighted by molar-refractivity contribution is 8.76. The number of nitrogens with zero attached hydrogens (tertiary/aromatic N) is 2. The molecular weight excluding hydrogens is 656 g/mol. The summed E-state index contributed by atoms with van der Waals surface area (Å²) in [7, 11) is 7.53. The normalized spacial score (nSPS) is 12.4. The molecule has 1 unspecified atom stereocenters.